The van der Waals surface area contributed by atoms with E-state index in [1.807, 2.05) is 0 Å². The number of carbonyl (C=O) groups is 2. The molecule has 0 fully saturated rings. The molecule has 0 unspecified atom stereocenters. The molecule has 2 rings (SSSR count). The van der Waals surface area contributed by atoms with Crippen LogP contribution < -0.4 is 5.32 Å². The van der Waals surface area contributed by atoms with Crippen molar-refractivity contribution in [1.82, 2.24) is 10.2 Å². The largest absolute Gasteiger partial charge is 0.481 e. The molecule has 0 radical (unpaired) electrons. The van der Waals surface area contributed by atoms with E-state index >= 15 is 0 Å². The predicted octanol–water partition coefficient (Wildman–Crippen LogP) is 0.635. The summed E-state index contributed by atoms with van der Waals surface area (Å²) < 4.78 is 26.5. The zero-order valence-corrected chi connectivity index (χ0v) is 14.1. The highest BCUT2D eigenvalue weighted by Crippen LogP contribution is 2.15. The molecule has 0 aromatic heterocycles. The lowest BCUT2D eigenvalue weighted by atomic mass is 10.1. The van der Waals surface area contributed by atoms with E-state index in [0.717, 1.165) is 19.3 Å². The second-order valence-corrected chi connectivity index (χ2v) is 7.42. The molecule has 9 heteroatoms. The van der Waals surface area contributed by atoms with Crippen LogP contribution in [0.4, 0.5) is 0 Å². The lowest BCUT2D eigenvalue weighted by molar-refractivity contribution is -0.137. The molecule has 8 nitrogen and oxygen atoms in total. The number of carboxylic acid groups (broad SMARTS) is 1. The van der Waals surface area contributed by atoms with Gasteiger partial charge < -0.3 is 15.3 Å². The minimum atomic E-state index is -3.39. The molecule has 0 saturated heterocycles. The van der Waals surface area contributed by atoms with Gasteiger partial charge in [-0.15, -0.1) is 4.40 Å². The maximum Gasteiger partial charge on any atom is 0.303 e. The van der Waals surface area contributed by atoms with E-state index in [1.54, 1.807) is 17.2 Å². The summed E-state index contributed by atoms with van der Waals surface area (Å²) in [5.41, 5.74) is 0.458. The Hall–Kier alpha value is -2.16. The molecule has 2 aliphatic rings. The topological polar surface area (TPSA) is 116 Å². The van der Waals surface area contributed by atoms with Gasteiger partial charge in [0.05, 0.1) is 11.3 Å². The molecule has 0 spiro atoms. The van der Waals surface area contributed by atoms with E-state index < -0.39 is 16.0 Å². The van der Waals surface area contributed by atoms with Gasteiger partial charge in [0.15, 0.2) is 0 Å². The van der Waals surface area contributed by atoms with Gasteiger partial charge in [-0.2, -0.15) is 0 Å². The summed E-state index contributed by atoms with van der Waals surface area (Å²) in [5, 5.41) is 11.3. The molecule has 132 valence electrons. The van der Waals surface area contributed by atoms with E-state index in [-0.39, 0.29) is 24.6 Å². The van der Waals surface area contributed by atoms with Crippen LogP contribution in [0.5, 0.6) is 0 Å². The number of amides is 1. The number of sulfonamides is 1. The molecule has 2 N–H and O–H groups in total. The van der Waals surface area contributed by atoms with Crippen LogP contribution in [0.15, 0.2) is 28.3 Å². The molecule has 2 aliphatic heterocycles. The summed E-state index contributed by atoms with van der Waals surface area (Å²) in [5.74, 6) is -0.736. The first-order chi connectivity index (χ1) is 11.4. The monoisotopic (exact) mass is 355 g/mol. The molecule has 0 aromatic carbocycles. The van der Waals surface area contributed by atoms with Crippen molar-refractivity contribution in [2.24, 2.45) is 4.40 Å². The van der Waals surface area contributed by atoms with Crippen LogP contribution in [0.2, 0.25) is 0 Å². The van der Waals surface area contributed by atoms with Crippen molar-refractivity contribution in [2.75, 3.05) is 18.8 Å². The molecule has 0 atom stereocenters. The Morgan fingerprint density at radius 3 is 2.71 bits per heavy atom. The van der Waals surface area contributed by atoms with Gasteiger partial charge in [0.25, 0.3) is 15.9 Å². The standard InChI is InChI=1S/C15H21N3O5S/c19-14(20)5-3-1-2-4-8-16-15(21)12-6-7-13-17-24(22,23)10-9-18(13)11-12/h6-7,11H,1-5,8-10H2,(H,16,21)(H,19,20). The highest BCUT2D eigenvalue weighted by molar-refractivity contribution is 7.90. The number of rotatable bonds is 8. The van der Waals surface area contributed by atoms with E-state index in [2.05, 4.69) is 9.71 Å². The van der Waals surface area contributed by atoms with Crippen molar-refractivity contribution in [2.45, 2.75) is 32.1 Å². The predicted molar refractivity (Wildman–Crippen MR) is 88.9 cm³/mol. The Bertz CT molecular complexity index is 694. The van der Waals surface area contributed by atoms with E-state index in [0.29, 0.717) is 24.4 Å². The van der Waals surface area contributed by atoms with Crippen molar-refractivity contribution in [3.63, 3.8) is 0 Å². The number of carbonyl (C=O) groups excluding carboxylic acids is 1. The Kier molecular flexibility index (Phi) is 6.13. The van der Waals surface area contributed by atoms with Gasteiger partial charge in [-0.25, -0.2) is 8.42 Å². The van der Waals surface area contributed by atoms with Crippen molar-refractivity contribution >= 4 is 27.7 Å². The molecule has 0 aliphatic carbocycles. The molecule has 2 heterocycles. The molecule has 24 heavy (non-hydrogen) atoms. The van der Waals surface area contributed by atoms with Crippen LogP contribution in [0, 0.1) is 0 Å². The van der Waals surface area contributed by atoms with Gasteiger partial charge in [-0.3, -0.25) is 9.59 Å². The van der Waals surface area contributed by atoms with Gasteiger partial charge in [0.1, 0.15) is 5.84 Å². The average Bonchev–Trinajstić information content (AvgIpc) is 2.52. The van der Waals surface area contributed by atoms with Crippen molar-refractivity contribution in [3.05, 3.63) is 23.9 Å². The van der Waals surface area contributed by atoms with Crippen LogP contribution in [-0.2, 0) is 19.6 Å². The van der Waals surface area contributed by atoms with Gasteiger partial charge in [0, 0.05) is 25.7 Å². The number of hydrogen-bond acceptors (Lipinski definition) is 5. The maximum absolute atomic E-state index is 12.1. The number of nitrogens with zero attached hydrogens (tertiary/aromatic N) is 2. The fraction of sp³-hybridized carbons (Fsp3) is 0.533. The summed E-state index contributed by atoms with van der Waals surface area (Å²) in [6.45, 7) is 0.804. The first kappa shape index (κ1) is 18.2. The van der Waals surface area contributed by atoms with Gasteiger partial charge in [-0.1, -0.05) is 12.8 Å². The third kappa shape index (κ3) is 5.48. The van der Waals surface area contributed by atoms with Crippen molar-refractivity contribution in [3.8, 4) is 0 Å². The SMILES string of the molecule is O=C(O)CCCCCCNC(=O)C1=CN2CCS(=O)(=O)N=C2C=C1. The third-order valence-corrected chi connectivity index (χ3v) is 4.85. The summed E-state index contributed by atoms with van der Waals surface area (Å²) in [7, 11) is -3.39. The fourth-order valence-electron chi connectivity index (χ4n) is 2.39. The number of hydrogen-bond donors (Lipinski definition) is 2. The highest BCUT2D eigenvalue weighted by Gasteiger charge is 2.24. The number of nitrogens with one attached hydrogen (secondary N) is 1. The van der Waals surface area contributed by atoms with E-state index in [1.165, 1.54) is 6.08 Å². The lowest BCUT2D eigenvalue weighted by Crippen LogP contribution is -2.38. The summed E-state index contributed by atoms with van der Waals surface area (Å²) in [6.07, 6.45) is 8.00. The van der Waals surface area contributed by atoms with Crippen LogP contribution >= 0.6 is 0 Å². The minimum Gasteiger partial charge on any atom is -0.481 e. The van der Waals surface area contributed by atoms with Crippen molar-refractivity contribution < 1.29 is 23.1 Å². The lowest BCUT2D eigenvalue weighted by Gasteiger charge is -2.26. The maximum atomic E-state index is 12.1. The summed E-state index contributed by atoms with van der Waals surface area (Å²) in [6, 6.07) is 0. The highest BCUT2D eigenvalue weighted by atomic mass is 32.2. The Labute approximate surface area is 141 Å². The van der Waals surface area contributed by atoms with Gasteiger partial charge in [-0.05, 0) is 25.0 Å². The Morgan fingerprint density at radius 1 is 1.21 bits per heavy atom. The molecular formula is C15H21N3O5S. The number of fused-ring (bicyclic) bond motifs is 1. The van der Waals surface area contributed by atoms with E-state index in [9.17, 15) is 18.0 Å². The summed E-state index contributed by atoms with van der Waals surface area (Å²) >= 11 is 0. The Balaban J connectivity index is 1.73. The van der Waals surface area contributed by atoms with E-state index in [4.69, 9.17) is 5.11 Å². The number of amidine groups is 1. The van der Waals surface area contributed by atoms with Gasteiger partial charge >= 0.3 is 5.97 Å². The van der Waals surface area contributed by atoms with Crippen LogP contribution in [0.1, 0.15) is 32.1 Å². The van der Waals surface area contributed by atoms with Crippen LogP contribution in [-0.4, -0.2) is 55.0 Å². The third-order valence-electron chi connectivity index (χ3n) is 3.69. The normalized spacial score (nSPS) is 18.4. The van der Waals surface area contributed by atoms with Crippen LogP contribution in [0.25, 0.3) is 0 Å². The molecule has 0 bridgehead atoms. The zero-order chi connectivity index (χ0) is 17.6. The number of unbranched alkanes of at least 4 members (excludes halogenated alkanes) is 3. The summed E-state index contributed by atoms with van der Waals surface area (Å²) in [4.78, 5) is 24.1. The second kappa shape index (κ2) is 8.09. The average molecular weight is 355 g/mol. The number of carboxylic acids is 1. The van der Waals surface area contributed by atoms with Gasteiger partial charge in [0.2, 0.25) is 0 Å². The quantitative estimate of drug-likeness (QED) is 0.617. The molecule has 0 aromatic rings. The molecule has 0 saturated carbocycles. The first-order valence-electron chi connectivity index (χ1n) is 7.86. The fourth-order valence-corrected chi connectivity index (χ4v) is 3.36. The molecular weight excluding hydrogens is 334 g/mol. The number of aliphatic carboxylic acids is 1. The van der Waals surface area contributed by atoms with Crippen LogP contribution in [0.3, 0.4) is 0 Å². The first-order valence-corrected chi connectivity index (χ1v) is 9.47. The smallest absolute Gasteiger partial charge is 0.303 e. The second-order valence-electron chi connectivity index (χ2n) is 5.66. The zero-order valence-electron chi connectivity index (χ0n) is 13.3. The minimum absolute atomic E-state index is 0.0634. The molecule has 1 amide bonds. The van der Waals surface area contributed by atoms with Crippen molar-refractivity contribution in [1.29, 1.82) is 0 Å². The Morgan fingerprint density at radius 2 is 1.96 bits per heavy atom.